The number of nitrogens with two attached hydrogens (primary N) is 1. The van der Waals surface area contributed by atoms with Crippen LogP contribution in [0.3, 0.4) is 0 Å². The average molecular weight is 249 g/mol. The third-order valence-corrected chi connectivity index (χ3v) is 2.04. The van der Waals surface area contributed by atoms with E-state index < -0.39 is 6.04 Å². The molecule has 2 N–H and O–H groups in total. The zero-order valence-electron chi connectivity index (χ0n) is 10.6. The van der Waals surface area contributed by atoms with Gasteiger partial charge in [-0.05, 0) is 6.42 Å². The van der Waals surface area contributed by atoms with Crippen molar-refractivity contribution in [3.05, 3.63) is 0 Å². The van der Waals surface area contributed by atoms with E-state index in [1.54, 1.807) is 14.2 Å². The highest BCUT2D eigenvalue weighted by molar-refractivity contribution is 5.75. The van der Waals surface area contributed by atoms with Gasteiger partial charge >= 0.3 is 5.97 Å². The Labute approximate surface area is 102 Å². The highest BCUT2D eigenvalue weighted by Gasteiger charge is 2.13. The fourth-order valence-corrected chi connectivity index (χ4v) is 1.05. The molecule has 6 nitrogen and oxygen atoms in total. The molecule has 0 amide bonds. The van der Waals surface area contributed by atoms with Crippen LogP contribution in [0.1, 0.15) is 12.8 Å². The van der Waals surface area contributed by atoms with Crippen LogP contribution in [0, 0.1) is 0 Å². The lowest BCUT2D eigenvalue weighted by molar-refractivity contribution is -0.146. The minimum atomic E-state index is -0.607. The maximum atomic E-state index is 11.3. The van der Waals surface area contributed by atoms with Crippen LogP contribution >= 0.6 is 0 Å². The van der Waals surface area contributed by atoms with Crippen molar-refractivity contribution in [2.45, 2.75) is 18.9 Å². The Balaban J connectivity index is 3.32. The summed E-state index contributed by atoms with van der Waals surface area (Å²) in [5.41, 5.74) is 5.58. The average Bonchev–Trinajstić information content (AvgIpc) is 2.34. The minimum Gasteiger partial charge on any atom is -0.464 e. The topological polar surface area (TPSA) is 80.0 Å². The highest BCUT2D eigenvalue weighted by atomic mass is 16.5. The lowest BCUT2D eigenvalue weighted by atomic mass is 10.2. The van der Waals surface area contributed by atoms with Crippen LogP contribution in [0.4, 0.5) is 0 Å². The summed E-state index contributed by atoms with van der Waals surface area (Å²) in [4.78, 5) is 11.3. The number of rotatable bonds is 11. The van der Waals surface area contributed by atoms with Crippen LogP contribution in [0.5, 0.6) is 0 Å². The van der Waals surface area contributed by atoms with Gasteiger partial charge in [-0.3, -0.25) is 4.79 Å². The summed E-state index contributed by atoms with van der Waals surface area (Å²) in [6.45, 7) is 2.45. The number of hydrogen-bond acceptors (Lipinski definition) is 6. The fourth-order valence-electron chi connectivity index (χ4n) is 1.05. The van der Waals surface area contributed by atoms with Crippen LogP contribution in [0.2, 0.25) is 0 Å². The minimum absolute atomic E-state index is 0.326. The van der Waals surface area contributed by atoms with E-state index >= 15 is 0 Å². The molecule has 0 saturated heterocycles. The molecule has 0 aromatic rings. The van der Waals surface area contributed by atoms with Crippen molar-refractivity contribution in [1.82, 2.24) is 0 Å². The van der Waals surface area contributed by atoms with Crippen molar-refractivity contribution < 1.29 is 23.7 Å². The Morgan fingerprint density at radius 1 is 1.06 bits per heavy atom. The second-order valence-corrected chi connectivity index (χ2v) is 3.51. The fraction of sp³-hybridized carbons (Fsp3) is 0.909. The lowest BCUT2D eigenvalue weighted by Gasteiger charge is -2.10. The molecule has 0 saturated carbocycles. The molecule has 0 aliphatic carbocycles. The molecule has 0 aromatic carbocycles. The first kappa shape index (κ1) is 16.3. The Morgan fingerprint density at radius 3 is 2.41 bits per heavy atom. The van der Waals surface area contributed by atoms with Gasteiger partial charge in [0.2, 0.25) is 0 Å². The van der Waals surface area contributed by atoms with E-state index in [9.17, 15) is 4.79 Å². The molecule has 6 heteroatoms. The monoisotopic (exact) mass is 249 g/mol. The second kappa shape index (κ2) is 11.8. The van der Waals surface area contributed by atoms with Crippen molar-refractivity contribution in [3.63, 3.8) is 0 Å². The summed E-state index contributed by atoms with van der Waals surface area (Å²) < 4.78 is 19.8. The van der Waals surface area contributed by atoms with Gasteiger partial charge in [-0.25, -0.2) is 0 Å². The molecule has 0 aromatic heterocycles. The predicted octanol–water partition coefficient (Wildman–Crippen LogP) is -0.0535. The molecule has 0 spiro atoms. The quantitative estimate of drug-likeness (QED) is 0.408. The lowest BCUT2D eigenvalue weighted by Crippen LogP contribution is -2.33. The molecule has 0 bridgehead atoms. The third-order valence-electron chi connectivity index (χ3n) is 2.04. The standard InChI is InChI=1S/C11H23NO5/c1-14-7-4-10(12)11(13)17-6-3-5-16-9-8-15-2/h10H,3-9,12H2,1-2H3. The number of carbonyl (C=O) groups is 1. The van der Waals surface area contributed by atoms with Gasteiger partial charge in [-0.15, -0.1) is 0 Å². The van der Waals surface area contributed by atoms with Gasteiger partial charge in [0.25, 0.3) is 0 Å². The molecule has 0 fully saturated rings. The third kappa shape index (κ3) is 10.2. The maximum absolute atomic E-state index is 11.3. The van der Waals surface area contributed by atoms with E-state index in [2.05, 4.69) is 0 Å². The zero-order valence-corrected chi connectivity index (χ0v) is 10.6. The maximum Gasteiger partial charge on any atom is 0.322 e. The summed E-state index contributed by atoms with van der Waals surface area (Å²) in [7, 11) is 3.18. The van der Waals surface area contributed by atoms with E-state index in [0.29, 0.717) is 45.9 Å². The van der Waals surface area contributed by atoms with Crippen molar-refractivity contribution in [3.8, 4) is 0 Å². The predicted molar refractivity (Wildman–Crippen MR) is 62.7 cm³/mol. The SMILES string of the molecule is COCCOCCCOC(=O)C(N)CCOC. The normalized spacial score (nSPS) is 12.4. The number of methoxy groups -OCH3 is 2. The van der Waals surface area contributed by atoms with Gasteiger partial charge in [0.05, 0.1) is 19.8 Å². The molecule has 0 rings (SSSR count). The van der Waals surface area contributed by atoms with Gasteiger partial charge in [0.1, 0.15) is 6.04 Å². The largest absolute Gasteiger partial charge is 0.464 e. The van der Waals surface area contributed by atoms with Gasteiger partial charge in [-0.1, -0.05) is 0 Å². The number of carbonyl (C=O) groups excluding carboxylic acids is 1. The van der Waals surface area contributed by atoms with Gasteiger partial charge in [-0.2, -0.15) is 0 Å². The highest BCUT2D eigenvalue weighted by Crippen LogP contribution is 1.94. The molecule has 0 aliphatic heterocycles. The smallest absolute Gasteiger partial charge is 0.322 e. The van der Waals surface area contributed by atoms with Gasteiger partial charge in [0.15, 0.2) is 0 Å². The summed E-state index contributed by atoms with van der Waals surface area (Å²) in [5.74, 6) is -0.390. The van der Waals surface area contributed by atoms with E-state index in [1.165, 1.54) is 0 Å². The molecule has 1 unspecified atom stereocenters. The molecule has 1 atom stereocenters. The van der Waals surface area contributed by atoms with E-state index in [0.717, 1.165) is 0 Å². The summed E-state index contributed by atoms with van der Waals surface area (Å²) >= 11 is 0. The second-order valence-electron chi connectivity index (χ2n) is 3.51. The van der Waals surface area contributed by atoms with E-state index in [4.69, 9.17) is 24.7 Å². The van der Waals surface area contributed by atoms with Crippen LogP contribution < -0.4 is 5.73 Å². The molecule has 0 aliphatic rings. The molecule has 0 heterocycles. The Morgan fingerprint density at radius 2 is 1.76 bits per heavy atom. The number of esters is 1. The van der Waals surface area contributed by atoms with Crippen LogP contribution in [-0.4, -0.2) is 59.3 Å². The van der Waals surface area contributed by atoms with Gasteiger partial charge < -0.3 is 24.7 Å². The summed E-state index contributed by atoms with van der Waals surface area (Å²) in [6.07, 6.45) is 1.13. The first-order chi connectivity index (χ1) is 8.22. The Bertz CT molecular complexity index is 189. The van der Waals surface area contributed by atoms with E-state index in [-0.39, 0.29) is 5.97 Å². The van der Waals surface area contributed by atoms with Crippen molar-refractivity contribution >= 4 is 5.97 Å². The number of hydrogen-bond donors (Lipinski definition) is 1. The Kier molecular flexibility index (Phi) is 11.3. The summed E-state index contributed by atoms with van der Waals surface area (Å²) in [6, 6.07) is -0.607. The molecule has 0 radical (unpaired) electrons. The summed E-state index contributed by atoms with van der Waals surface area (Å²) in [5, 5.41) is 0. The molecule has 17 heavy (non-hydrogen) atoms. The molecule has 102 valence electrons. The zero-order chi connectivity index (χ0) is 12.9. The van der Waals surface area contributed by atoms with E-state index in [1.807, 2.05) is 0 Å². The molecular weight excluding hydrogens is 226 g/mol. The molecular formula is C11H23NO5. The van der Waals surface area contributed by atoms with Crippen LogP contribution in [0.15, 0.2) is 0 Å². The van der Waals surface area contributed by atoms with Crippen molar-refractivity contribution in [2.75, 3.05) is 47.3 Å². The van der Waals surface area contributed by atoms with Crippen molar-refractivity contribution in [2.24, 2.45) is 5.73 Å². The number of ether oxygens (including phenoxy) is 4. The van der Waals surface area contributed by atoms with Gasteiger partial charge in [0, 0.05) is 33.9 Å². The first-order valence-electron chi connectivity index (χ1n) is 5.70. The Hall–Kier alpha value is -0.690. The van der Waals surface area contributed by atoms with Crippen LogP contribution in [0.25, 0.3) is 0 Å². The van der Waals surface area contributed by atoms with Crippen molar-refractivity contribution in [1.29, 1.82) is 0 Å². The first-order valence-corrected chi connectivity index (χ1v) is 5.70. The van der Waals surface area contributed by atoms with Crippen LogP contribution in [-0.2, 0) is 23.7 Å².